The number of rotatable bonds is 7. The minimum atomic E-state index is -0.623. The highest BCUT2D eigenvalue weighted by Crippen LogP contribution is 2.29. The van der Waals surface area contributed by atoms with Gasteiger partial charge in [0.05, 0.1) is 5.41 Å². The highest BCUT2D eigenvalue weighted by atomic mass is 16.2. The smallest absolute Gasteiger partial charge is 0.234 e. The highest BCUT2D eigenvalue weighted by molar-refractivity contribution is 5.98. The van der Waals surface area contributed by atoms with Gasteiger partial charge in [0, 0.05) is 25.2 Å². The van der Waals surface area contributed by atoms with Crippen LogP contribution in [-0.2, 0) is 28.0 Å². The van der Waals surface area contributed by atoms with Crippen molar-refractivity contribution in [1.82, 2.24) is 4.90 Å². The Kier molecular flexibility index (Phi) is 5.87. The first-order valence-corrected chi connectivity index (χ1v) is 10.1. The van der Waals surface area contributed by atoms with Crippen LogP contribution in [0.4, 0.5) is 5.69 Å². The third-order valence-electron chi connectivity index (χ3n) is 5.61. The Balaban J connectivity index is 1.65. The molecular formula is C24H30N2O2. The van der Waals surface area contributed by atoms with Gasteiger partial charge in [-0.2, -0.15) is 0 Å². The maximum absolute atomic E-state index is 12.9. The molecule has 1 fully saturated rings. The number of benzene rings is 2. The molecule has 4 nitrogen and oxygen atoms in total. The number of carbonyl (C=O) groups is 2. The number of carbonyl (C=O) groups excluding carboxylic acids is 2. The van der Waals surface area contributed by atoms with Crippen molar-refractivity contribution in [1.29, 1.82) is 0 Å². The molecule has 1 aliphatic rings. The van der Waals surface area contributed by atoms with Crippen molar-refractivity contribution in [3.05, 3.63) is 65.2 Å². The summed E-state index contributed by atoms with van der Waals surface area (Å²) in [5, 5.41) is 3.03. The lowest BCUT2D eigenvalue weighted by atomic mass is 9.83. The number of nitrogens with one attached hydrogen (secondary N) is 1. The maximum atomic E-state index is 12.9. The zero-order valence-electron chi connectivity index (χ0n) is 17.3. The summed E-state index contributed by atoms with van der Waals surface area (Å²) in [6.45, 7) is 8.26. The van der Waals surface area contributed by atoms with Crippen molar-refractivity contribution < 1.29 is 9.59 Å². The minimum Gasteiger partial charge on any atom is -0.336 e. The molecule has 1 N–H and O–H groups in total. The number of anilines is 1. The van der Waals surface area contributed by atoms with Crippen LogP contribution >= 0.6 is 0 Å². The molecule has 0 saturated heterocycles. The lowest BCUT2D eigenvalue weighted by Gasteiger charge is -2.25. The molecule has 0 radical (unpaired) electrons. The van der Waals surface area contributed by atoms with Crippen molar-refractivity contribution in [2.75, 3.05) is 5.32 Å². The van der Waals surface area contributed by atoms with E-state index in [0.717, 1.165) is 36.1 Å². The van der Waals surface area contributed by atoms with E-state index in [4.69, 9.17) is 0 Å². The first kappa shape index (κ1) is 20.1. The summed E-state index contributed by atoms with van der Waals surface area (Å²) in [5.41, 5.74) is 3.49. The normalized spacial score (nSPS) is 13.9. The molecule has 2 aromatic rings. The zero-order chi connectivity index (χ0) is 20.3. The second kappa shape index (κ2) is 8.17. The molecule has 0 bridgehead atoms. The first-order valence-electron chi connectivity index (χ1n) is 10.1. The molecule has 0 aliphatic heterocycles. The minimum absolute atomic E-state index is 0.0344. The third kappa shape index (κ3) is 4.61. The molecule has 2 aromatic carbocycles. The van der Waals surface area contributed by atoms with Crippen LogP contribution in [0.1, 0.15) is 57.2 Å². The van der Waals surface area contributed by atoms with E-state index >= 15 is 0 Å². The van der Waals surface area contributed by atoms with Gasteiger partial charge in [-0.25, -0.2) is 0 Å². The van der Waals surface area contributed by atoms with Crippen molar-refractivity contribution in [3.63, 3.8) is 0 Å². The Morgan fingerprint density at radius 2 is 1.57 bits per heavy atom. The lowest BCUT2D eigenvalue weighted by Crippen LogP contribution is -2.34. The average molecular weight is 379 g/mol. The lowest BCUT2D eigenvalue weighted by molar-refractivity contribution is -0.130. The summed E-state index contributed by atoms with van der Waals surface area (Å²) in [4.78, 5) is 26.6. The van der Waals surface area contributed by atoms with Gasteiger partial charge in [0.2, 0.25) is 11.8 Å². The topological polar surface area (TPSA) is 49.4 Å². The Morgan fingerprint density at radius 3 is 2.07 bits per heavy atom. The number of hydrogen-bond acceptors (Lipinski definition) is 2. The van der Waals surface area contributed by atoms with Gasteiger partial charge in [-0.15, -0.1) is 0 Å². The molecule has 148 valence electrons. The fraction of sp³-hybridized carbons (Fsp3) is 0.417. The van der Waals surface area contributed by atoms with Crippen LogP contribution in [0.25, 0.3) is 0 Å². The van der Waals surface area contributed by atoms with E-state index < -0.39 is 5.41 Å². The maximum Gasteiger partial charge on any atom is 0.234 e. The summed E-state index contributed by atoms with van der Waals surface area (Å²) in [5.74, 6) is 0.0866. The number of amides is 2. The van der Waals surface area contributed by atoms with Crippen molar-refractivity contribution >= 4 is 17.5 Å². The van der Waals surface area contributed by atoms with Crippen LogP contribution in [0.3, 0.4) is 0 Å². The van der Waals surface area contributed by atoms with Gasteiger partial charge in [-0.1, -0.05) is 43.3 Å². The Bertz CT molecular complexity index is 834. The molecule has 0 aromatic heterocycles. The second-order valence-corrected chi connectivity index (χ2v) is 8.20. The first-order chi connectivity index (χ1) is 13.3. The van der Waals surface area contributed by atoms with Gasteiger partial charge >= 0.3 is 0 Å². The van der Waals surface area contributed by atoms with E-state index in [1.807, 2.05) is 55.1 Å². The van der Waals surface area contributed by atoms with Crippen LogP contribution in [0.2, 0.25) is 0 Å². The Morgan fingerprint density at radius 1 is 1.00 bits per heavy atom. The monoisotopic (exact) mass is 378 g/mol. The van der Waals surface area contributed by atoms with Crippen LogP contribution < -0.4 is 5.32 Å². The van der Waals surface area contributed by atoms with Gasteiger partial charge in [0.1, 0.15) is 0 Å². The second-order valence-electron chi connectivity index (χ2n) is 8.20. The van der Waals surface area contributed by atoms with Gasteiger partial charge in [0.25, 0.3) is 0 Å². The molecule has 0 heterocycles. The standard InChI is InChI=1S/C24H30N2O2/c1-5-18-6-10-20(11-7-18)24(3,4)23(28)25-21-12-8-19(9-13-21)16-26(17(2)27)22-14-15-22/h6-13,22H,5,14-16H2,1-4H3,(H,25,28). The fourth-order valence-corrected chi connectivity index (χ4v) is 3.35. The van der Waals surface area contributed by atoms with Gasteiger partial charge in [-0.05, 0) is 61.9 Å². The van der Waals surface area contributed by atoms with Crippen molar-refractivity contribution in [2.45, 2.75) is 65.0 Å². The van der Waals surface area contributed by atoms with Crippen LogP contribution in [0.5, 0.6) is 0 Å². The van der Waals surface area contributed by atoms with Gasteiger partial charge in [-0.3, -0.25) is 9.59 Å². The molecule has 4 heteroatoms. The summed E-state index contributed by atoms with van der Waals surface area (Å²) >= 11 is 0. The molecule has 1 aliphatic carbocycles. The Hall–Kier alpha value is -2.62. The van der Waals surface area contributed by atoms with Crippen LogP contribution in [-0.4, -0.2) is 22.8 Å². The molecular weight excluding hydrogens is 348 g/mol. The SMILES string of the molecule is CCc1ccc(C(C)(C)C(=O)Nc2ccc(CN(C(C)=O)C3CC3)cc2)cc1. The molecule has 0 spiro atoms. The summed E-state index contributed by atoms with van der Waals surface area (Å²) in [6, 6.07) is 16.4. The Labute approximate surface area is 167 Å². The quantitative estimate of drug-likeness (QED) is 0.761. The molecule has 28 heavy (non-hydrogen) atoms. The molecule has 0 atom stereocenters. The number of aryl methyl sites for hydroxylation is 1. The van der Waals surface area contributed by atoms with Gasteiger partial charge in [0.15, 0.2) is 0 Å². The molecule has 2 amide bonds. The molecule has 0 unspecified atom stereocenters. The number of hydrogen-bond donors (Lipinski definition) is 1. The largest absolute Gasteiger partial charge is 0.336 e. The predicted octanol–water partition coefficient (Wildman–Crippen LogP) is 4.68. The van der Waals surface area contributed by atoms with E-state index in [-0.39, 0.29) is 11.8 Å². The summed E-state index contributed by atoms with van der Waals surface area (Å²) < 4.78 is 0. The van der Waals surface area contributed by atoms with E-state index in [9.17, 15) is 9.59 Å². The van der Waals surface area contributed by atoms with Crippen LogP contribution in [0.15, 0.2) is 48.5 Å². The molecule has 1 saturated carbocycles. The van der Waals surface area contributed by atoms with Crippen molar-refractivity contribution in [2.24, 2.45) is 0 Å². The summed E-state index contributed by atoms with van der Waals surface area (Å²) in [7, 11) is 0. The summed E-state index contributed by atoms with van der Waals surface area (Å²) in [6.07, 6.45) is 3.19. The number of nitrogens with zero attached hydrogens (tertiary/aromatic N) is 1. The third-order valence-corrected chi connectivity index (χ3v) is 5.61. The van der Waals surface area contributed by atoms with Crippen LogP contribution in [0, 0.1) is 0 Å². The predicted molar refractivity (Wildman–Crippen MR) is 113 cm³/mol. The molecule has 3 rings (SSSR count). The van der Waals surface area contributed by atoms with E-state index in [2.05, 4.69) is 24.4 Å². The zero-order valence-corrected chi connectivity index (χ0v) is 17.3. The van der Waals surface area contributed by atoms with E-state index in [1.165, 1.54) is 5.56 Å². The van der Waals surface area contributed by atoms with E-state index in [1.54, 1.807) is 6.92 Å². The van der Waals surface area contributed by atoms with Crippen molar-refractivity contribution in [3.8, 4) is 0 Å². The van der Waals surface area contributed by atoms with Gasteiger partial charge < -0.3 is 10.2 Å². The highest BCUT2D eigenvalue weighted by Gasteiger charge is 2.31. The average Bonchev–Trinajstić information content (AvgIpc) is 3.52. The van der Waals surface area contributed by atoms with E-state index in [0.29, 0.717) is 12.6 Å². The fourth-order valence-electron chi connectivity index (χ4n) is 3.35.